The first kappa shape index (κ1) is 12.4. The topological polar surface area (TPSA) is 55.8 Å². The minimum absolute atomic E-state index is 0.0563. The molecule has 0 aromatic rings. The van der Waals surface area contributed by atoms with E-state index in [1.807, 2.05) is 20.8 Å². The second-order valence-corrected chi connectivity index (χ2v) is 6.81. The maximum Gasteiger partial charge on any atom is 0.311 e. The van der Waals surface area contributed by atoms with Crippen LogP contribution in [0.5, 0.6) is 0 Å². The normalized spacial score (nSPS) is 45.6. The van der Waals surface area contributed by atoms with Crippen molar-refractivity contribution in [2.75, 3.05) is 0 Å². The fraction of sp³-hybridized carbons (Fsp3) is 0.929. The SMILES string of the molecule is CCC(C)(C)C(=O)OC1CC23CC1C(C2)[C@@H](O)O3. The molecule has 2 aliphatic carbocycles. The summed E-state index contributed by atoms with van der Waals surface area (Å²) in [5.41, 5.74) is -0.617. The van der Waals surface area contributed by atoms with Crippen LogP contribution in [0.1, 0.15) is 46.5 Å². The van der Waals surface area contributed by atoms with E-state index >= 15 is 0 Å². The quantitative estimate of drug-likeness (QED) is 0.781. The Bertz CT molecular complexity index is 374. The molecule has 4 unspecified atom stereocenters. The summed E-state index contributed by atoms with van der Waals surface area (Å²) < 4.78 is 11.3. The van der Waals surface area contributed by atoms with Gasteiger partial charge in [-0.05, 0) is 33.1 Å². The van der Waals surface area contributed by atoms with E-state index in [4.69, 9.17) is 9.47 Å². The zero-order valence-corrected chi connectivity index (χ0v) is 11.3. The maximum atomic E-state index is 12.1. The van der Waals surface area contributed by atoms with E-state index in [0.29, 0.717) is 5.92 Å². The molecule has 3 fully saturated rings. The largest absolute Gasteiger partial charge is 0.462 e. The highest BCUT2D eigenvalue weighted by Crippen LogP contribution is 2.61. The number of hydrogen-bond acceptors (Lipinski definition) is 4. The van der Waals surface area contributed by atoms with E-state index in [-0.39, 0.29) is 23.6 Å². The molecule has 4 heteroatoms. The Morgan fingerprint density at radius 3 is 2.67 bits per heavy atom. The lowest BCUT2D eigenvalue weighted by Crippen LogP contribution is -2.36. The summed E-state index contributed by atoms with van der Waals surface area (Å²) in [7, 11) is 0. The predicted octanol–water partition coefficient (Wildman–Crippen LogP) is 1.85. The van der Waals surface area contributed by atoms with Gasteiger partial charge in [0, 0.05) is 18.3 Å². The van der Waals surface area contributed by atoms with Crippen LogP contribution >= 0.6 is 0 Å². The minimum Gasteiger partial charge on any atom is -0.462 e. The monoisotopic (exact) mass is 254 g/mol. The van der Waals surface area contributed by atoms with Gasteiger partial charge in [-0.15, -0.1) is 0 Å². The summed E-state index contributed by atoms with van der Waals surface area (Å²) in [4.78, 5) is 12.1. The van der Waals surface area contributed by atoms with Gasteiger partial charge in [0.15, 0.2) is 6.29 Å². The molecule has 0 aromatic heterocycles. The second-order valence-electron chi connectivity index (χ2n) is 6.81. The summed E-state index contributed by atoms with van der Waals surface area (Å²) in [6.45, 7) is 5.83. The number of ether oxygens (including phenoxy) is 2. The lowest BCUT2D eigenvalue weighted by Gasteiger charge is -2.29. The van der Waals surface area contributed by atoms with Gasteiger partial charge in [0.2, 0.25) is 0 Å². The highest BCUT2D eigenvalue weighted by Gasteiger charge is 2.65. The van der Waals surface area contributed by atoms with Crippen molar-refractivity contribution in [3.63, 3.8) is 0 Å². The first-order chi connectivity index (χ1) is 8.37. The Labute approximate surface area is 108 Å². The average molecular weight is 254 g/mol. The van der Waals surface area contributed by atoms with Gasteiger partial charge < -0.3 is 14.6 Å². The zero-order chi connectivity index (χ0) is 13.1. The third kappa shape index (κ3) is 1.62. The number of aliphatic hydroxyl groups excluding tert-OH is 1. The molecule has 1 heterocycles. The Morgan fingerprint density at radius 1 is 1.39 bits per heavy atom. The van der Waals surface area contributed by atoms with Crippen molar-refractivity contribution in [2.45, 2.75) is 64.4 Å². The molecule has 3 aliphatic rings. The molecule has 5 atom stereocenters. The van der Waals surface area contributed by atoms with Crippen LogP contribution in [0.2, 0.25) is 0 Å². The second kappa shape index (κ2) is 3.70. The van der Waals surface area contributed by atoms with E-state index < -0.39 is 11.7 Å². The lowest BCUT2D eigenvalue weighted by molar-refractivity contribution is -0.169. The van der Waals surface area contributed by atoms with Gasteiger partial charge >= 0.3 is 5.97 Å². The molecule has 1 aliphatic heterocycles. The highest BCUT2D eigenvalue weighted by molar-refractivity contribution is 5.76. The molecule has 3 rings (SSSR count). The van der Waals surface area contributed by atoms with Crippen molar-refractivity contribution >= 4 is 5.97 Å². The maximum absolute atomic E-state index is 12.1. The molecule has 0 radical (unpaired) electrons. The highest BCUT2D eigenvalue weighted by atomic mass is 16.6. The van der Waals surface area contributed by atoms with Crippen LogP contribution in [-0.4, -0.2) is 29.1 Å². The van der Waals surface area contributed by atoms with Crippen molar-refractivity contribution in [1.82, 2.24) is 0 Å². The van der Waals surface area contributed by atoms with Gasteiger partial charge in [0.05, 0.1) is 11.0 Å². The van der Waals surface area contributed by atoms with E-state index in [1.165, 1.54) is 0 Å². The van der Waals surface area contributed by atoms with Gasteiger partial charge in [0.1, 0.15) is 6.10 Å². The Kier molecular flexibility index (Phi) is 2.55. The molecule has 2 saturated carbocycles. The number of rotatable bonds is 3. The van der Waals surface area contributed by atoms with Gasteiger partial charge in [-0.25, -0.2) is 0 Å². The molecule has 102 valence electrons. The van der Waals surface area contributed by atoms with Crippen molar-refractivity contribution in [3.8, 4) is 0 Å². The Hall–Kier alpha value is -0.610. The average Bonchev–Trinajstić information content (AvgIpc) is 2.90. The number of fused-ring (bicyclic) bond motifs is 3. The number of carbonyl (C=O) groups excluding carboxylic acids is 1. The molecule has 18 heavy (non-hydrogen) atoms. The summed E-state index contributed by atoms with van der Waals surface area (Å²) in [6.07, 6.45) is 2.71. The molecule has 3 bridgehead atoms. The molecule has 0 aromatic carbocycles. The van der Waals surface area contributed by atoms with Crippen LogP contribution in [0, 0.1) is 17.3 Å². The standard InChI is InChI=1S/C14H22O4/c1-4-13(2,3)12(16)17-10-7-14-5-8(10)9(6-14)11(15)18-14/h8-11,15H,4-7H2,1-3H3/t8?,9?,10?,11-,14?/m0/s1. The molecular weight excluding hydrogens is 232 g/mol. The van der Waals surface area contributed by atoms with Crippen molar-refractivity contribution in [2.24, 2.45) is 17.3 Å². The Balaban J connectivity index is 1.69. The fourth-order valence-corrected chi connectivity index (χ4v) is 3.71. The number of hydrogen-bond donors (Lipinski definition) is 1. The van der Waals surface area contributed by atoms with E-state index in [2.05, 4.69) is 0 Å². The van der Waals surface area contributed by atoms with E-state index in [1.54, 1.807) is 0 Å². The predicted molar refractivity (Wildman–Crippen MR) is 64.6 cm³/mol. The van der Waals surface area contributed by atoms with Crippen molar-refractivity contribution < 1.29 is 19.4 Å². The molecule has 1 N–H and O–H groups in total. The summed E-state index contributed by atoms with van der Waals surface area (Å²) in [5.74, 6) is 0.347. The molecule has 1 spiro atoms. The van der Waals surface area contributed by atoms with Crippen LogP contribution in [0.4, 0.5) is 0 Å². The van der Waals surface area contributed by atoms with Gasteiger partial charge in [-0.2, -0.15) is 0 Å². The number of carbonyl (C=O) groups is 1. The fourth-order valence-electron chi connectivity index (χ4n) is 3.71. The van der Waals surface area contributed by atoms with Gasteiger partial charge in [0.25, 0.3) is 0 Å². The molecule has 4 nitrogen and oxygen atoms in total. The van der Waals surface area contributed by atoms with E-state index in [0.717, 1.165) is 25.7 Å². The zero-order valence-electron chi connectivity index (χ0n) is 11.3. The third-order valence-electron chi connectivity index (χ3n) is 5.25. The lowest BCUT2D eigenvalue weighted by atomic mass is 9.86. The van der Waals surface area contributed by atoms with Crippen LogP contribution in [0.3, 0.4) is 0 Å². The smallest absolute Gasteiger partial charge is 0.311 e. The van der Waals surface area contributed by atoms with Gasteiger partial charge in [-0.1, -0.05) is 6.92 Å². The number of aliphatic hydroxyl groups is 1. The summed E-state index contributed by atoms with van der Waals surface area (Å²) >= 11 is 0. The molecule has 0 amide bonds. The molecular formula is C14H22O4. The van der Waals surface area contributed by atoms with Crippen LogP contribution in [0.25, 0.3) is 0 Å². The van der Waals surface area contributed by atoms with Crippen LogP contribution < -0.4 is 0 Å². The first-order valence-corrected chi connectivity index (χ1v) is 6.94. The summed E-state index contributed by atoms with van der Waals surface area (Å²) in [6, 6.07) is 0. The van der Waals surface area contributed by atoms with E-state index in [9.17, 15) is 9.90 Å². The Morgan fingerprint density at radius 2 is 2.06 bits per heavy atom. The van der Waals surface area contributed by atoms with Crippen molar-refractivity contribution in [1.29, 1.82) is 0 Å². The van der Waals surface area contributed by atoms with Gasteiger partial charge in [-0.3, -0.25) is 4.79 Å². The minimum atomic E-state index is -0.647. The first-order valence-electron chi connectivity index (χ1n) is 6.94. The van der Waals surface area contributed by atoms with Crippen LogP contribution in [-0.2, 0) is 14.3 Å². The number of esters is 1. The third-order valence-corrected chi connectivity index (χ3v) is 5.25. The molecule has 1 saturated heterocycles. The summed E-state index contributed by atoms with van der Waals surface area (Å²) in [5, 5.41) is 9.79. The van der Waals surface area contributed by atoms with Crippen molar-refractivity contribution in [3.05, 3.63) is 0 Å². The van der Waals surface area contributed by atoms with Crippen LogP contribution in [0.15, 0.2) is 0 Å².